The van der Waals surface area contributed by atoms with Crippen molar-refractivity contribution in [3.8, 4) is 0 Å². The van der Waals surface area contributed by atoms with E-state index in [1.165, 1.54) is 77.0 Å². The minimum Gasteiger partial charge on any atom is -0.300 e. The van der Waals surface area contributed by atoms with Gasteiger partial charge < -0.3 is 0 Å². The number of hydrogen-bond donors (Lipinski definition) is 0. The van der Waals surface area contributed by atoms with Gasteiger partial charge in [-0.3, -0.25) is 9.59 Å². The van der Waals surface area contributed by atoms with Crippen LogP contribution < -0.4 is 0 Å². The van der Waals surface area contributed by atoms with E-state index in [4.69, 9.17) is 0 Å². The maximum atomic E-state index is 12.0. The van der Waals surface area contributed by atoms with Gasteiger partial charge in [-0.1, -0.05) is 109 Å². The molecule has 182 valence electrons. The van der Waals surface area contributed by atoms with Gasteiger partial charge in [0, 0.05) is 25.7 Å². The van der Waals surface area contributed by atoms with E-state index in [1.807, 2.05) is 0 Å². The molecule has 0 heterocycles. The first-order chi connectivity index (χ1) is 15.2. The van der Waals surface area contributed by atoms with Crippen LogP contribution in [0.2, 0.25) is 0 Å². The van der Waals surface area contributed by atoms with Crippen molar-refractivity contribution < 1.29 is 9.59 Å². The smallest absolute Gasteiger partial charge is 0.133 e. The lowest BCUT2D eigenvalue weighted by Crippen LogP contribution is -1.99. The fourth-order valence-electron chi connectivity index (χ4n) is 4.05. The summed E-state index contributed by atoms with van der Waals surface area (Å²) in [5.74, 6) is 0.845. The number of ketones is 2. The molecule has 0 aromatic rings. The molecule has 0 saturated heterocycles. The second-order valence-electron chi connectivity index (χ2n) is 9.43. The first kappa shape index (κ1) is 30.1. The number of unbranched alkanes of at least 4 members (excludes halogenated alkanes) is 15. The van der Waals surface area contributed by atoms with Crippen LogP contribution in [0.25, 0.3) is 0 Å². The molecule has 0 atom stereocenters. The van der Waals surface area contributed by atoms with Crippen LogP contribution >= 0.6 is 0 Å². The minimum atomic E-state index is 0.401. The van der Waals surface area contributed by atoms with Crippen LogP contribution in [0.3, 0.4) is 0 Å². The quantitative estimate of drug-likeness (QED) is 0.106. The van der Waals surface area contributed by atoms with E-state index in [9.17, 15) is 9.59 Å². The monoisotopic (exact) mass is 434 g/mol. The fourth-order valence-corrected chi connectivity index (χ4v) is 4.05. The van der Waals surface area contributed by atoms with Crippen molar-refractivity contribution in [1.82, 2.24) is 0 Å². The molecule has 0 aliphatic rings. The molecule has 0 fully saturated rings. The van der Waals surface area contributed by atoms with Crippen molar-refractivity contribution in [3.05, 3.63) is 12.2 Å². The molecule has 0 rings (SSSR count). The molecule has 0 aliphatic heterocycles. The Morgan fingerprint density at radius 1 is 0.419 bits per heavy atom. The SMILES string of the molecule is CCCCCCCC=CCCC(=O)CCCCCCC(=O)CCCCCCCCCC. The summed E-state index contributed by atoms with van der Waals surface area (Å²) in [6, 6.07) is 0. The molecule has 0 aromatic carbocycles. The van der Waals surface area contributed by atoms with Gasteiger partial charge in [-0.15, -0.1) is 0 Å². The number of carbonyl (C=O) groups is 2. The lowest BCUT2D eigenvalue weighted by Gasteiger charge is -2.03. The molecule has 2 heteroatoms. The molecule has 0 spiro atoms. The number of carbonyl (C=O) groups excluding carboxylic acids is 2. The largest absolute Gasteiger partial charge is 0.300 e. The van der Waals surface area contributed by atoms with E-state index >= 15 is 0 Å². The normalized spacial score (nSPS) is 11.4. The topological polar surface area (TPSA) is 34.1 Å². The third-order valence-electron chi connectivity index (χ3n) is 6.20. The highest BCUT2D eigenvalue weighted by atomic mass is 16.1. The molecule has 0 amide bonds. The molecule has 0 radical (unpaired) electrons. The predicted octanol–water partition coefficient (Wildman–Crippen LogP) is 9.69. The van der Waals surface area contributed by atoms with Crippen molar-refractivity contribution in [2.75, 3.05) is 0 Å². The lowest BCUT2D eigenvalue weighted by atomic mass is 10.0. The molecule has 0 N–H and O–H groups in total. The zero-order valence-electron chi connectivity index (χ0n) is 21.2. The van der Waals surface area contributed by atoms with Gasteiger partial charge in [-0.2, -0.15) is 0 Å². The summed E-state index contributed by atoms with van der Waals surface area (Å²) in [7, 11) is 0. The molecule has 0 unspecified atom stereocenters. The third-order valence-corrected chi connectivity index (χ3v) is 6.20. The highest BCUT2D eigenvalue weighted by Gasteiger charge is 2.03. The van der Waals surface area contributed by atoms with Gasteiger partial charge in [0.2, 0.25) is 0 Å². The van der Waals surface area contributed by atoms with Crippen LogP contribution in [-0.2, 0) is 9.59 Å². The van der Waals surface area contributed by atoms with E-state index in [-0.39, 0.29) is 0 Å². The Balaban J connectivity index is 3.34. The first-order valence-electron chi connectivity index (χ1n) is 13.9. The zero-order valence-corrected chi connectivity index (χ0v) is 21.2. The average molecular weight is 435 g/mol. The highest BCUT2D eigenvalue weighted by molar-refractivity contribution is 5.78. The maximum Gasteiger partial charge on any atom is 0.133 e. The second-order valence-corrected chi connectivity index (χ2v) is 9.43. The standard InChI is InChI=1S/C29H54O2/c1-3-5-7-9-11-13-15-17-21-25-29(31)27-23-19-18-22-26-28(30)24-20-16-14-12-10-8-6-4-2/h15,17H,3-14,16,18-27H2,1-2H3. The Morgan fingerprint density at radius 2 is 0.774 bits per heavy atom. The summed E-state index contributed by atoms with van der Waals surface area (Å²) in [5.41, 5.74) is 0. The van der Waals surface area contributed by atoms with Gasteiger partial charge >= 0.3 is 0 Å². The Hall–Kier alpha value is -0.920. The van der Waals surface area contributed by atoms with Gasteiger partial charge in [0.05, 0.1) is 0 Å². The van der Waals surface area contributed by atoms with Gasteiger partial charge in [-0.05, 0) is 38.5 Å². The van der Waals surface area contributed by atoms with Crippen LogP contribution in [0.5, 0.6) is 0 Å². The molecule has 0 bridgehead atoms. The second kappa shape index (κ2) is 25.3. The van der Waals surface area contributed by atoms with Crippen LogP contribution in [0.15, 0.2) is 12.2 Å². The number of Topliss-reactive ketones (excluding diaryl/α,β-unsaturated/α-hetero) is 2. The Kier molecular flexibility index (Phi) is 24.6. The predicted molar refractivity (Wildman–Crippen MR) is 137 cm³/mol. The van der Waals surface area contributed by atoms with Crippen molar-refractivity contribution in [3.63, 3.8) is 0 Å². The summed E-state index contributed by atoms with van der Waals surface area (Å²) >= 11 is 0. The molecule has 0 saturated carbocycles. The summed E-state index contributed by atoms with van der Waals surface area (Å²) < 4.78 is 0. The Morgan fingerprint density at radius 3 is 1.26 bits per heavy atom. The van der Waals surface area contributed by atoms with E-state index in [0.717, 1.165) is 64.2 Å². The van der Waals surface area contributed by atoms with E-state index in [2.05, 4.69) is 26.0 Å². The van der Waals surface area contributed by atoms with Gasteiger partial charge in [0.15, 0.2) is 0 Å². The van der Waals surface area contributed by atoms with Gasteiger partial charge in [-0.25, -0.2) is 0 Å². The molecule has 0 aliphatic carbocycles. The number of hydrogen-bond acceptors (Lipinski definition) is 2. The summed E-state index contributed by atoms with van der Waals surface area (Å²) in [4.78, 5) is 23.9. The van der Waals surface area contributed by atoms with E-state index in [1.54, 1.807) is 0 Å². The molecular weight excluding hydrogens is 380 g/mol. The molecule has 0 aromatic heterocycles. The molecular formula is C29H54O2. The van der Waals surface area contributed by atoms with Crippen molar-refractivity contribution in [2.24, 2.45) is 0 Å². The van der Waals surface area contributed by atoms with Crippen LogP contribution in [0.4, 0.5) is 0 Å². The average Bonchev–Trinajstić information content (AvgIpc) is 2.76. The summed E-state index contributed by atoms with van der Waals surface area (Å²) in [6.07, 6.45) is 30.6. The van der Waals surface area contributed by atoms with Crippen molar-refractivity contribution >= 4 is 11.6 Å². The lowest BCUT2D eigenvalue weighted by molar-refractivity contribution is -0.120. The van der Waals surface area contributed by atoms with E-state index in [0.29, 0.717) is 18.0 Å². The van der Waals surface area contributed by atoms with E-state index < -0.39 is 0 Å². The van der Waals surface area contributed by atoms with Crippen molar-refractivity contribution in [1.29, 1.82) is 0 Å². The van der Waals surface area contributed by atoms with Crippen LogP contribution in [-0.4, -0.2) is 11.6 Å². The number of rotatable bonds is 25. The Labute approximate surface area is 195 Å². The van der Waals surface area contributed by atoms with Crippen LogP contribution in [0.1, 0.15) is 162 Å². The van der Waals surface area contributed by atoms with Gasteiger partial charge in [0.1, 0.15) is 11.6 Å². The Bertz CT molecular complexity index is 424. The van der Waals surface area contributed by atoms with Crippen molar-refractivity contribution in [2.45, 2.75) is 162 Å². The molecule has 31 heavy (non-hydrogen) atoms. The first-order valence-corrected chi connectivity index (χ1v) is 13.9. The fraction of sp³-hybridized carbons (Fsp3) is 0.862. The summed E-state index contributed by atoms with van der Waals surface area (Å²) in [5, 5.41) is 0. The molecule has 2 nitrogen and oxygen atoms in total. The third kappa shape index (κ3) is 25.2. The minimum absolute atomic E-state index is 0.401. The summed E-state index contributed by atoms with van der Waals surface area (Å²) in [6.45, 7) is 4.50. The van der Waals surface area contributed by atoms with Crippen LogP contribution in [0, 0.1) is 0 Å². The number of allylic oxidation sites excluding steroid dienone is 2. The highest BCUT2D eigenvalue weighted by Crippen LogP contribution is 2.13. The maximum absolute atomic E-state index is 12.0. The van der Waals surface area contributed by atoms with Gasteiger partial charge in [0.25, 0.3) is 0 Å². The zero-order chi connectivity index (χ0) is 22.8.